The zero-order chi connectivity index (χ0) is 20.9. The first-order valence-corrected chi connectivity index (χ1v) is 9.62. The van der Waals surface area contributed by atoms with Crippen molar-refractivity contribution in [3.8, 4) is 17.2 Å². The topological polar surface area (TPSA) is 95.7 Å². The van der Waals surface area contributed by atoms with Gasteiger partial charge < -0.3 is 24.1 Å². The van der Waals surface area contributed by atoms with E-state index in [1.807, 2.05) is 0 Å². The zero-order valence-corrected chi connectivity index (χ0v) is 17.3. The normalized spacial score (nSPS) is 15.9. The number of benzene rings is 1. The second-order valence-corrected chi connectivity index (χ2v) is 7.05. The molecule has 2 aromatic rings. The molecule has 3 rings (SSSR count). The van der Waals surface area contributed by atoms with Gasteiger partial charge in [-0.2, -0.15) is 4.98 Å². The first-order valence-electron chi connectivity index (χ1n) is 9.62. The van der Waals surface area contributed by atoms with E-state index in [0.717, 1.165) is 32.1 Å². The number of hydrogen-bond acceptors (Lipinski definition) is 7. The number of amides is 1. The molecule has 0 atom stereocenters. The van der Waals surface area contributed by atoms with Crippen molar-refractivity contribution in [2.45, 2.75) is 44.6 Å². The second-order valence-electron chi connectivity index (χ2n) is 7.05. The van der Waals surface area contributed by atoms with Crippen LogP contribution in [0.3, 0.4) is 0 Å². The van der Waals surface area contributed by atoms with Crippen molar-refractivity contribution in [1.29, 1.82) is 0 Å². The van der Waals surface area contributed by atoms with Gasteiger partial charge in [-0.25, -0.2) is 0 Å². The SMILES string of the molecule is COc1cc(OC)c(OC)cc1C=CC(=O)NC1(c2noc(C)n2)CCCCC1. The molecule has 0 bridgehead atoms. The van der Waals surface area contributed by atoms with Crippen LogP contribution in [0.25, 0.3) is 6.08 Å². The Labute approximate surface area is 170 Å². The highest BCUT2D eigenvalue weighted by Crippen LogP contribution is 2.37. The molecular weight excluding hydrogens is 374 g/mol. The van der Waals surface area contributed by atoms with Crippen LogP contribution in [0.2, 0.25) is 0 Å². The fourth-order valence-electron chi connectivity index (χ4n) is 3.68. The van der Waals surface area contributed by atoms with E-state index in [2.05, 4.69) is 15.5 Å². The van der Waals surface area contributed by atoms with Gasteiger partial charge >= 0.3 is 0 Å². The quantitative estimate of drug-likeness (QED) is 0.711. The minimum atomic E-state index is -0.598. The standard InChI is InChI=1S/C21H27N3O5/c1-14-22-20(24-29-14)21(10-6-5-7-11-21)23-19(25)9-8-15-12-17(27-3)18(28-4)13-16(15)26-2/h8-9,12-13H,5-7,10-11H2,1-4H3,(H,23,25). The van der Waals surface area contributed by atoms with Crippen molar-refractivity contribution < 1.29 is 23.5 Å². The lowest BCUT2D eigenvalue weighted by molar-refractivity contribution is -0.119. The van der Waals surface area contributed by atoms with Gasteiger partial charge in [0.15, 0.2) is 17.3 Å². The molecule has 0 aliphatic heterocycles. The summed E-state index contributed by atoms with van der Waals surface area (Å²) in [6, 6.07) is 3.49. The fourth-order valence-corrected chi connectivity index (χ4v) is 3.68. The summed E-state index contributed by atoms with van der Waals surface area (Å²) in [7, 11) is 4.68. The largest absolute Gasteiger partial charge is 0.496 e. The molecule has 8 nitrogen and oxygen atoms in total. The van der Waals surface area contributed by atoms with Gasteiger partial charge in [0.05, 0.1) is 21.3 Å². The molecule has 8 heteroatoms. The Bertz CT molecular complexity index is 884. The van der Waals surface area contributed by atoms with E-state index in [1.54, 1.807) is 46.5 Å². The van der Waals surface area contributed by atoms with E-state index in [4.69, 9.17) is 18.7 Å². The number of nitrogens with zero attached hydrogens (tertiary/aromatic N) is 2. The van der Waals surface area contributed by atoms with Crippen molar-refractivity contribution in [3.63, 3.8) is 0 Å². The summed E-state index contributed by atoms with van der Waals surface area (Å²) >= 11 is 0. The molecule has 1 saturated carbocycles. The van der Waals surface area contributed by atoms with E-state index < -0.39 is 5.54 Å². The minimum absolute atomic E-state index is 0.230. The van der Waals surface area contributed by atoms with Crippen LogP contribution in [-0.4, -0.2) is 37.4 Å². The highest BCUT2D eigenvalue weighted by Gasteiger charge is 2.39. The Morgan fingerprint density at radius 2 is 1.72 bits per heavy atom. The van der Waals surface area contributed by atoms with Crippen LogP contribution in [-0.2, 0) is 10.3 Å². The molecule has 1 N–H and O–H groups in total. The molecule has 0 saturated heterocycles. The van der Waals surface area contributed by atoms with Gasteiger partial charge in [0, 0.05) is 24.6 Å². The van der Waals surface area contributed by atoms with Gasteiger partial charge in [0.2, 0.25) is 11.8 Å². The Balaban J connectivity index is 1.82. The number of nitrogens with one attached hydrogen (secondary N) is 1. The van der Waals surface area contributed by atoms with E-state index in [1.165, 1.54) is 6.08 Å². The number of carbonyl (C=O) groups is 1. The van der Waals surface area contributed by atoms with Gasteiger partial charge in [0.25, 0.3) is 0 Å². The summed E-state index contributed by atoms with van der Waals surface area (Å²) in [5, 5.41) is 7.19. The Hall–Kier alpha value is -3.03. The minimum Gasteiger partial charge on any atom is -0.496 e. The lowest BCUT2D eigenvalue weighted by Gasteiger charge is -2.34. The molecule has 1 aromatic heterocycles. The Kier molecular flexibility index (Phi) is 6.41. The summed E-state index contributed by atoms with van der Waals surface area (Å²) in [6.45, 7) is 1.75. The second kappa shape index (κ2) is 8.98. The monoisotopic (exact) mass is 401 g/mol. The van der Waals surface area contributed by atoms with Crippen LogP contribution >= 0.6 is 0 Å². The maximum Gasteiger partial charge on any atom is 0.244 e. The van der Waals surface area contributed by atoms with Crippen LogP contribution in [0, 0.1) is 6.92 Å². The summed E-state index contributed by atoms with van der Waals surface area (Å²) < 4.78 is 21.2. The van der Waals surface area contributed by atoms with Gasteiger partial charge in [-0.05, 0) is 25.0 Å². The molecule has 1 amide bonds. The average Bonchev–Trinajstić information content (AvgIpc) is 3.19. The van der Waals surface area contributed by atoms with E-state index in [-0.39, 0.29) is 5.91 Å². The number of aryl methyl sites for hydroxylation is 1. The third-order valence-corrected chi connectivity index (χ3v) is 5.18. The molecule has 1 fully saturated rings. The molecule has 29 heavy (non-hydrogen) atoms. The highest BCUT2D eigenvalue weighted by molar-refractivity contribution is 5.92. The van der Waals surface area contributed by atoms with Crippen LogP contribution in [0.15, 0.2) is 22.7 Å². The number of methoxy groups -OCH3 is 3. The lowest BCUT2D eigenvalue weighted by Crippen LogP contribution is -2.47. The van der Waals surface area contributed by atoms with E-state index >= 15 is 0 Å². The molecule has 0 spiro atoms. The van der Waals surface area contributed by atoms with Crippen LogP contribution < -0.4 is 19.5 Å². The molecule has 1 aromatic carbocycles. The predicted octanol–water partition coefficient (Wildman–Crippen LogP) is 3.39. The third kappa shape index (κ3) is 4.52. The van der Waals surface area contributed by atoms with E-state index in [9.17, 15) is 4.79 Å². The molecule has 1 aliphatic carbocycles. The number of carbonyl (C=O) groups excluding carboxylic acids is 1. The van der Waals surface area contributed by atoms with Gasteiger partial charge in [-0.15, -0.1) is 0 Å². The highest BCUT2D eigenvalue weighted by atomic mass is 16.5. The van der Waals surface area contributed by atoms with Crippen molar-refractivity contribution in [2.75, 3.05) is 21.3 Å². The number of ether oxygens (including phenoxy) is 3. The number of hydrogen-bond donors (Lipinski definition) is 1. The van der Waals surface area contributed by atoms with Crippen molar-refractivity contribution in [1.82, 2.24) is 15.5 Å². The molecule has 156 valence electrons. The predicted molar refractivity (Wildman–Crippen MR) is 107 cm³/mol. The van der Waals surface area contributed by atoms with Crippen molar-refractivity contribution in [2.24, 2.45) is 0 Å². The molecule has 0 radical (unpaired) electrons. The Morgan fingerprint density at radius 3 is 2.31 bits per heavy atom. The van der Waals surface area contributed by atoms with Crippen LogP contribution in [0.1, 0.15) is 49.4 Å². The maximum absolute atomic E-state index is 12.8. The van der Waals surface area contributed by atoms with Gasteiger partial charge in [0.1, 0.15) is 11.3 Å². The maximum atomic E-state index is 12.8. The molecular formula is C21H27N3O5. The van der Waals surface area contributed by atoms with Crippen molar-refractivity contribution >= 4 is 12.0 Å². The first kappa shape index (κ1) is 20.7. The Morgan fingerprint density at radius 1 is 1.07 bits per heavy atom. The molecule has 0 unspecified atom stereocenters. The lowest BCUT2D eigenvalue weighted by atomic mass is 9.81. The van der Waals surface area contributed by atoms with Gasteiger partial charge in [-0.3, -0.25) is 4.79 Å². The summed E-state index contributed by atoms with van der Waals surface area (Å²) in [4.78, 5) is 17.1. The number of aromatic nitrogens is 2. The third-order valence-electron chi connectivity index (χ3n) is 5.18. The molecule has 1 heterocycles. The number of rotatable bonds is 7. The van der Waals surface area contributed by atoms with Crippen LogP contribution in [0.4, 0.5) is 0 Å². The average molecular weight is 401 g/mol. The summed E-state index contributed by atoms with van der Waals surface area (Å²) in [5.41, 5.74) is 0.104. The van der Waals surface area contributed by atoms with Gasteiger partial charge in [-0.1, -0.05) is 24.4 Å². The van der Waals surface area contributed by atoms with E-state index in [0.29, 0.717) is 34.5 Å². The summed E-state index contributed by atoms with van der Waals surface area (Å²) in [5.74, 6) is 2.49. The smallest absolute Gasteiger partial charge is 0.244 e. The van der Waals surface area contributed by atoms with Crippen molar-refractivity contribution in [3.05, 3.63) is 35.5 Å². The summed E-state index contributed by atoms with van der Waals surface area (Å²) in [6.07, 6.45) is 7.87. The molecule has 1 aliphatic rings. The first-order chi connectivity index (χ1) is 14.0. The zero-order valence-electron chi connectivity index (χ0n) is 17.3. The fraction of sp³-hybridized carbons (Fsp3) is 0.476. The van der Waals surface area contributed by atoms with Crippen LogP contribution in [0.5, 0.6) is 17.2 Å².